The van der Waals surface area contributed by atoms with E-state index in [9.17, 15) is 4.79 Å². The molecule has 0 bridgehead atoms. The first-order valence-electron chi connectivity index (χ1n) is 5.34. The second-order valence-corrected chi connectivity index (χ2v) is 3.60. The van der Waals surface area contributed by atoms with Gasteiger partial charge in [0, 0.05) is 5.56 Å². The van der Waals surface area contributed by atoms with Crippen LogP contribution >= 0.6 is 0 Å². The van der Waals surface area contributed by atoms with Crippen molar-refractivity contribution in [3.8, 4) is 17.6 Å². The van der Waals surface area contributed by atoms with E-state index in [1.54, 1.807) is 7.11 Å². The van der Waals surface area contributed by atoms with Gasteiger partial charge in [-0.05, 0) is 35.0 Å². The molecule has 0 N–H and O–H groups in total. The third kappa shape index (κ3) is 2.64. The molecule has 2 rings (SSSR count). The largest absolute Gasteiger partial charge is 0.497 e. The fourth-order valence-electron chi connectivity index (χ4n) is 1.62. The van der Waals surface area contributed by atoms with Gasteiger partial charge in [-0.2, -0.15) is 0 Å². The highest BCUT2D eigenvalue weighted by Gasteiger charge is 1.97. The molecule has 84 valence electrons. The van der Waals surface area contributed by atoms with Crippen LogP contribution < -0.4 is 4.74 Å². The van der Waals surface area contributed by atoms with Gasteiger partial charge in [-0.25, -0.2) is 0 Å². The van der Waals surface area contributed by atoms with Crippen molar-refractivity contribution in [3.63, 3.8) is 0 Å². The van der Waals surface area contributed by atoms with Crippen molar-refractivity contribution in [2.45, 2.75) is 6.42 Å². The molecule has 0 aliphatic rings. The van der Waals surface area contributed by atoms with Crippen molar-refractivity contribution in [1.82, 2.24) is 0 Å². The second-order valence-electron chi connectivity index (χ2n) is 3.60. The lowest BCUT2D eigenvalue weighted by Gasteiger charge is -2.02. The zero-order chi connectivity index (χ0) is 12.1. The van der Waals surface area contributed by atoms with Crippen LogP contribution in [0.4, 0.5) is 0 Å². The van der Waals surface area contributed by atoms with Gasteiger partial charge in [0.15, 0.2) is 0 Å². The number of aldehydes is 1. The number of rotatable bonds is 2. The lowest BCUT2D eigenvalue weighted by atomic mass is 10.1. The van der Waals surface area contributed by atoms with E-state index in [-0.39, 0.29) is 6.42 Å². The molecule has 0 amide bonds. The Morgan fingerprint density at radius 1 is 1.18 bits per heavy atom. The molecule has 0 heterocycles. The minimum Gasteiger partial charge on any atom is -0.497 e. The van der Waals surface area contributed by atoms with Crippen molar-refractivity contribution in [1.29, 1.82) is 0 Å². The van der Waals surface area contributed by atoms with Gasteiger partial charge < -0.3 is 9.53 Å². The minimum absolute atomic E-state index is 0.278. The Hall–Kier alpha value is -2.27. The number of fused-ring (bicyclic) bond motifs is 1. The summed E-state index contributed by atoms with van der Waals surface area (Å²) in [4.78, 5) is 10.2. The first-order chi connectivity index (χ1) is 8.33. The zero-order valence-electron chi connectivity index (χ0n) is 9.57. The number of benzene rings is 2. The van der Waals surface area contributed by atoms with E-state index in [2.05, 4.69) is 11.8 Å². The van der Waals surface area contributed by atoms with Gasteiger partial charge in [-0.3, -0.25) is 0 Å². The molecule has 0 radical (unpaired) electrons. The average Bonchev–Trinajstić information content (AvgIpc) is 2.38. The topological polar surface area (TPSA) is 26.3 Å². The van der Waals surface area contributed by atoms with Crippen molar-refractivity contribution in [2.75, 3.05) is 7.11 Å². The molecule has 0 aliphatic heterocycles. The molecule has 0 aromatic heterocycles. The number of methoxy groups -OCH3 is 1. The molecular weight excluding hydrogens is 212 g/mol. The molecule has 0 saturated carbocycles. The smallest absolute Gasteiger partial charge is 0.131 e. The molecule has 2 aromatic rings. The van der Waals surface area contributed by atoms with Crippen LogP contribution in [0.1, 0.15) is 12.0 Å². The monoisotopic (exact) mass is 224 g/mol. The Labute approximate surface area is 100 Å². The number of carbonyl (C=O) groups excluding carboxylic acids is 1. The van der Waals surface area contributed by atoms with Gasteiger partial charge in [0.25, 0.3) is 0 Å². The number of hydrogen-bond acceptors (Lipinski definition) is 2. The Kier molecular flexibility index (Phi) is 3.42. The summed E-state index contributed by atoms with van der Waals surface area (Å²) in [6, 6.07) is 11.9. The standard InChI is InChI=1S/C15H12O2/c1-17-15-8-7-13-10-12(4-2-3-9-16)5-6-14(13)11-15/h5-11H,3H2,1H3. The predicted molar refractivity (Wildman–Crippen MR) is 68.1 cm³/mol. The van der Waals surface area contributed by atoms with Crippen LogP contribution in [0.25, 0.3) is 10.8 Å². The summed E-state index contributed by atoms with van der Waals surface area (Å²) in [7, 11) is 1.65. The van der Waals surface area contributed by atoms with Crippen LogP contribution in [0.15, 0.2) is 36.4 Å². The first kappa shape index (κ1) is 11.2. The van der Waals surface area contributed by atoms with Crippen LogP contribution in [-0.4, -0.2) is 13.4 Å². The molecule has 0 atom stereocenters. The van der Waals surface area contributed by atoms with Crippen LogP contribution in [0.5, 0.6) is 5.75 Å². The Morgan fingerprint density at radius 2 is 1.94 bits per heavy atom. The van der Waals surface area contributed by atoms with Crippen LogP contribution in [0.3, 0.4) is 0 Å². The maximum Gasteiger partial charge on any atom is 0.131 e. The first-order valence-corrected chi connectivity index (χ1v) is 5.34. The molecule has 0 aliphatic carbocycles. The summed E-state index contributed by atoms with van der Waals surface area (Å²) >= 11 is 0. The van der Waals surface area contributed by atoms with Gasteiger partial charge >= 0.3 is 0 Å². The predicted octanol–water partition coefficient (Wildman–Crippen LogP) is 2.79. The molecule has 2 nitrogen and oxygen atoms in total. The molecule has 2 aromatic carbocycles. The Balaban J connectivity index is 2.39. The van der Waals surface area contributed by atoms with Gasteiger partial charge in [0.1, 0.15) is 12.0 Å². The number of carbonyl (C=O) groups is 1. The molecule has 0 unspecified atom stereocenters. The van der Waals surface area contributed by atoms with Gasteiger partial charge in [-0.1, -0.05) is 24.0 Å². The Bertz CT molecular complexity index is 603. The lowest BCUT2D eigenvalue weighted by Crippen LogP contribution is -1.83. The maximum atomic E-state index is 10.2. The highest BCUT2D eigenvalue weighted by Crippen LogP contribution is 2.21. The van der Waals surface area contributed by atoms with Gasteiger partial charge in [0.05, 0.1) is 13.5 Å². The third-order valence-corrected chi connectivity index (χ3v) is 2.47. The van der Waals surface area contributed by atoms with E-state index < -0.39 is 0 Å². The molecular formula is C15H12O2. The quantitative estimate of drug-likeness (QED) is 0.579. The van der Waals surface area contributed by atoms with Gasteiger partial charge in [0.2, 0.25) is 0 Å². The van der Waals surface area contributed by atoms with E-state index >= 15 is 0 Å². The normalized spacial score (nSPS) is 9.47. The average molecular weight is 224 g/mol. The van der Waals surface area contributed by atoms with E-state index in [1.165, 1.54) is 0 Å². The SMILES string of the molecule is COc1ccc2cc(C#CCC=O)ccc2c1. The fourth-order valence-corrected chi connectivity index (χ4v) is 1.62. The van der Waals surface area contributed by atoms with Crippen molar-refractivity contribution >= 4 is 17.1 Å². The van der Waals surface area contributed by atoms with Crippen LogP contribution in [0.2, 0.25) is 0 Å². The summed E-state index contributed by atoms with van der Waals surface area (Å²) in [5.41, 5.74) is 0.921. The van der Waals surface area contributed by atoms with Gasteiger partial charge in [-0.15, -0.1) is 0 Å². The van der Waals surface area contributed by atoms with E-state index in [0.29, 0.717) is 0 Å². The van der Waals surface area contributed by atoms with Crippen molar-refractivity contribution in [3.05, 3.63) is 42.0 Å². The van der Waals surface area contributed by atoms with E-state index in [0.717, 1.165) is 28.4 Å². The highest BCUT2D eigenvalue weighted by atomic mass is 16.5. The summed E-state index contributed by atoms with van der Waals surface area (Å²) in [6.45, 7) is 0. The summed E-state index contributed by atoms with van der Waals surface area (Å²) in [5, 5.41) is 2.23. The summed E-state index contributed by atoms with van der Waals surface area (Å²) in [5.74, 6) is 6.59. The highest BCUT2D eigenvalue weighted by molar-refractivity contribution is 5.85. The second kappa shape index (κ2) is 5.18. The van der Waals surface area contributed by atoms with Crippen LogP contribution in [-0.2, 0) is 4.79 Å². The summed E-state index contributed by atoms with van der Waals surface area (Å²) in [6.07, 6.45) is 1.08. The fraction of sp³-hybridized carbons (Fsp3) is 0.133. The molecule has 2 heteroatoms. The summed E-state index contributed by atoms with van der Waals surface area (Å²) < 4.78 is 5.17. The van der Waals surface area contributed by atoms with E-state index in [4.69, 9.17) is 4.74 Å². The molecule has 0 spiro atoms. The number of hydrogen-bond donors (Lipinski definition) is 0. The van der Waals surface area contributed by atoms with Crippen LogP contribution in [0, 0.1) is 11.8 Å². The van der Waals surface area contributed by atoms with E-state index in [1.807, 2.05) is 36.4 Å². The molecule has 17 heavy (non-hydrogen) atoms. The minimum atomic E-state index is 0.278. The lowest BCUT2D eigenvalue weighted by molar-refractivity contribution is -0.107. The zero-order valence-corrected chi connectivity index (χ0v) is 9.57. The van der Waals surface area contributed by atoms with Crippen molar-refractivity contribution < 1.29 is 9.53 Å². The van der Waals surface area contributed by atoms with Crippen molar-refractivity contribution in [2.24, 2.45) is 0 Å². The third-order valence-electron chi connectivity index (χ3n) is 2.47. The molecule has 0 fully saturated rings. The number of ether oxygens (including phenoxy) is 1. The maximum absolute atomic E-state index is 10.2. The Morgan fingerprint density at radius 3 is 2.71 bits per heavy atom. The molecule has 0 saturated heterocycles.